The molecule has 0 aliphatic heterocycles. The number of benzene rings is 5. The smallest absolute Gasteiger partial charge is 0.164 e. The summed E-state index contributed by atoms with van der Waals surface area (Å²) >= 11 is 0. The number of nitriles is 1. The molecule has 1 aromatic heterocycles. The van der Waals surface area contributed by atoms with Crippen LogP contribution in [0.15, 0.2) is 127 Å². The Balaban J connectivity index is 1.18. The van der Waals surface area contributed by atoms with Gasteiger partial charge in [-0.05, 0) is 114 Å². The van der Waals surface area contributed by atoms with E-state index in [9.17, 15) is 5.26 Å². The topological polar surface area (TPSA) is 62.5 Å². The highest BCUT2D eigenvalue weighted by Crippen LogP contribution is 2.61. The van der Waals surface area contributed by atoms with Crippen LogP contribution in [0.4, 0.5) is 0 Å². The van der Waals surface area contributed by atoms with Gasteiger partial charge in [-0.25, -0.2) is 15.0 Å². The molecule has 0 atom stereocenters. The van der Waals surface area contributed by atoms with Crippen molar-refractivity contribution in [3.63, 3.8) is 0 Å². The minimum atomic E-state index is 0.159. The number of rotatable bonds is 6. The summed E-state index contributed by atoms with van der Waals surface area (Å²) in [5.41, 5.74) is 9.47. The van der Waals surface area contributed by atoms with Gasteiger partial charge in [0.2, 0.25) is 0 Å². The molecular formula is C44H36N4. The summed E-state index contributed by atoms with van der Waals surface area (Å²) in [6.07, 6.45) is 7.86. The van der Waals surface area contributed by atoms with Gasteiger partial charge in [0.1, 0.15) is 0 Å². The zero-order valence-electron chi connectivity index (χ0n) is 26.9. The molecule has 0 amide bonds. The monoisotopic (exact) mass is 620 g/mol. The van der Waals surface area contributed by atoms with Crippen LogP contribution in [0.2, 0.25) is 0 Å². The molecule has 0 spiro atoms. The maximum absolute atomic E-state index is 10.2. The fraction of sp³-hybridized carbons (Fsp3) is 0.227. The van der Waals surface area contributed by atoms with Gasteiger partial charge in [0.05, 0.1) is 11.6 Å². The van der Waals surface area contributed by atoms with E-state index < -0.39 is 0 Å². The van der Waals surface area contributed by atoms with Crippen LogP contribution in [-0.4, -0.2) is 15.0 Å². The van der Waals surface area contributed by atoms with Gasteiger partial charge in [0.25, 0.3) is 0 Å². The van der Waals surface area contributed by atoms with Crippen LogP contribution < -0.4 is 0 Å². The summed E-state index contributed by atoms with van der Waals surface area (Å²) in [4.78, 5) is 15.3. The number of aromatic nitrogens is 3. The lowest BCUT2D eigenvalue weighted by molar-refractivity contribution is -0.00518. The molecule has 232 valence electrons. The van der Waals surface area contributed by atoms with Crippen molar-refractivity contribution in [1.82, 2.24) is 15.0 Å². The van der Waals surface area contributed by atoms with E-state index in [4.69, 9.17) is 15.0 Å². The molecule has 10 rings (SSSR count). The van der Waals surface area contributed by atoms with Crippen molar-refractivity contribution in [2.45, 2.75) is 43.9 Å². The van der Waals surface area contributed by atoms with Crippen LogP contribution in [0.25, 0.3) is 56.4 Å². The Morgan fingerprint density at radius 3 is 1.54 bits per heavy atom. The lowest BCUT2D eigenvalue weighted by Crippen LogP contribution is -2.48. The Kier molecular flexibility index (Phi) is 7.01. The fourth-order valence-electron chi connectivity index (χ4n) is 9.27. The quantitative estimate of drug-likeness (QED) is 0.186. The average Bonchev–Trinajstić information content (AvgIpc) is 3.15. The summed E-state index contributed by atoms with van der Waals surface area (Å²) in [6, 6.07) is 46.6. The van der Waals surface area contributed by atoms with Crippen molar-refractivity contribution in [3.05, 3.63) is 139 Å². The molecule has 0 unspecified atom stereocenters. The van der Waals surface area contributed by atoms with Gasteiger partial charge in [-0.15, -0.1) is 0 Å². The van der Waals surface area contributed by atoms with E-state index in [0.29, 0.717) is 23.0 Å². The molecule has 4 nitrogen and oxygen atoms in total. The van der Waals surface area contributed by atoms with E-state index in [2.05, 4.69) is 115 Å². The second kappa shape index (κ2) is 11.7. The molecule has 6 aromatic rings. The summed E-state index contributed by atoms with van der Waals surface area (Å²) in [5, 5.41) is 10.2. The zero-order valence-corrected chi connectivity index (χ0v) is 26.9. The fourth-order valence-corrected chi connectivity index (χ4v) is 9.27. The Hall–Kier alpha value is -5.40. The second-order valence-electron chi connectivity index (χ2n) is 14.3. The first-order valence-electron chi connectivity index (χ1n) is 17.2. The molecule has 4 saturated carbocycles. The first kappa shape index (κ1) is 28.8. The highest BCUT2D eigenvalue weighted by molar-refractivity contribution is 5.74. The molecule has 4 aliphatic carbocycles. The van der Waals surface area contributed by atoms with Crippen molar-refractivity contribution in [3.8, 4) is 62.5 Å². The van der Waals surface area contributed by atoms with Crippen LogP contribution in [-0.2, 0) is 5.41 Å². The molecule has 0 saturated heterocycles. The Labute approximate surface area is 282 Å². The SMILES string of the molecule is N#Cc1cc(-c2nc(-c3ccc(-c4ccccc4)cc3)nc(-c3cccc(-c4ccccc4)c3)n2)cc(C23CC4CC(CC(C4)C2)C3)c1. The minimum Gasteiger partial charge on any atom is -0.208 e. The maximum Gasteiger partial charge on any atom is 0.164 e. The third-order valence-corrected chi connectivity index (χ3v) is 11.1. The summed E-state index contributed by atoms with van der Waals surface area (Å²) in [5.74, 6) is 4.30. The van der Waals surface area contributed by atoms with Gasteiger partial charge in [0, 0.05) is 16.7 Å². The maximum atomic E-state index is 10.2. The molecule has 4 aliphatic rings. The lowest BCUT2D eigenvalue weighted by Gasteiger charge is -2.57. The first-order chi connectivity index (χ1) is 23.6. The summed E-state index contributed by atoms with van der Waals surface area (Å²) < 4.78 is 0. The molecule has 5 aromatic carbocycles. The van der Waals surface area contributed by atoms with E-state index in [1.54, 1.807) is 0 Å². The normalized spacial score (nSPS) is 22.4. The molecule has 48 heavy (non-hydrogen) atoms. The van der Waals surface area contributed by atoms with Crippen LogP contribution in [0, 0.1) is 29.1 Å². The zero-order chi connectivity index (χ0) is 32.1. The van der Waals surface area contributed by atoms with E-state index in [-0.39, 0.29) is 5.41 Å². The highest BCUT2D eigenvalue weighted by Gasteiger charge is 2.51. The third-order valence-electron chi connectivity index (χ3n) is 11.1. The van der Waals surface area contributed by atoms with Gasteiger partial charge in [-0.1, -0.05) is 103 Å². The average molecular weight is 621 g/mol. The molecule has 0 radical (unpaired) electrons. The number of hydrogen-bond acceptors (Lipinski definition) is 4. The predicted molar refractivity (Wildman–Crippen MR) is 192 cm³/mol. The van der Waals surface area contributed by atoms with E-state index >= 15 is 0 Å². The Bertz CT molecular complexity index is 2130. The molecule has 4 bridgehead atoms. The van der Waals surface area contributed by atoms with E-state index in [1.807, 2.05) is 18.2 Å². The van der Waals surface area contributed by atoms with Gasteiger partial charge in [-0.2, -0.15) is 5.26 Å². The van der Waals surface area contributed by atoms with Gasteiger partial charge < -0.3 is 0 Å². The Morgan fingerprint density at radius 2 is 0.938 bits per heavy atom. The summed E-state index contributed by atoms with van der Waals surface area (Å²) in [7, 11) is 0. The lowest BCUT2D eigenvalue weighted by atomic mass is 9.48. The minimum absolute atomic E-state index is 0.159. The first-order valence-corrected chi connectivity index (χ1v) is 17.2. The predicted octanol–water partition coefficient (Wildman–Crippen LogP) is 10.5. The molecule has 0 N–H and O–H groups in total. The van der Waals surface area contributed by atoms with Crippen molar-refractivity contribution in [1.29, 1.82) is 5.26 Å². The third kappa shape index (κ3) is 5.30. The number of hydrogen-bond donors (Lipinski definition) is 0. The highest BCUT2D eigenvalue weighted by atomic mass is 15.0. The van der Waals surface area contributed by atoms with Crippen molar-refractivity contribution in [2.24, 2.45) is 17.8 Å². The Morgan fingerprint density at radius 1 is 0.458 bits per heavy atom. The molecule has 4 fully saturated rings. The number of nitrogens with zero attached hydrogens (tertiary/aromatic N) is 4. The van der Waals surface area contributed by atoms with Gasteiger partial charge in [-0.3, -0.25) is 0 Å². The van der Waals surface area contributed by atoms with Crippen LogP contribution >= 0.6 is 0 Å². The van der Waals surface area contributed by atoms with Crippen LogP contribution in [0.1, 0.15) is 49.7 Å². The standard InChI is InChI=1S/C44H36N4/c45-28-32-21-39(24-40(22-32)44-25-29-18-30(26-44)20-31(19-29)27-44)43-47-41(36-16-14-35(15-17-36)33-8-3-1-4-9-33)46-42(48-43)38-13-7-12-37(23-38)34-10-5-2-6-11-34/h1-17,21-24,29-31H,18-20,25-27H2. The summed E-state index contributed by atoms with van der Waals surface area (Å²) in [6.45, 7) is 0. The van der Waals surface area contributed by atoms with Crippen LogP contribution in [0.3, 0.4) is 0 Å². The van der Waals surface area contributed by atoms with Crippen LogP contribution in [0.5, 0.6) is 0 Å². The molecule has 1 heterocycles. The van der Waals surface area contributed by atoms with Crippen molar-refractivity contribution >= 4 is 0 Å². The second-order valence-corrected chi connectivity index (χ2v) is 14.3. The van der Waals surface area contributed by atoms with Gasteiger partial charge >= 0.3 is 0 Å². The largest absolute Gasteiger partial charge is 0.208 e. The van der Waals surface area contributed by atoms with Crippen molar-refractivity contribution < 1.29 is 0 Å². The van der Waals surface area contributed by atoms with Gasteiger partial charge in [0.15, 0.2) is 17.5 Å². The molecule has 4 heteroatoms. The van der Waals surface area contributed by atoms with E-state index in [0.717, 1.165) is 51.1 Å². The molecular weight excluding hydrogens is 585 g/mol. The van der Waals surface area contributed by atoms with E-state index in [1.165, 1.54) is 49.7 Å². The van der Waals surface area contributed by atoms with Crippen molar-refractivity contribution in [2.75, 3.05) is 0 Å².